The molecule has 2 rings (SSSR count). The molecule has 3 heteroatoms. The molecule has 0 amide bonds. The second-order valence-corrected chi connectivity index (χ2v) is 7.73. The molecule has 1 aliphatic carbocycles. The van der Waals surface area contributed by atoms with E-state index in [1.54, 1.807) is 0 Å². The molecule has 1 aromatic carbocycles. The fourth-order valence-corrected chi connectivity index (χ4v) is 3.12. The zero-order valence-corrected chi connectivity index (χ0v) is 11.9. The summed E-state index contributed by atoms with van der Waals surface area (Å²) in [5, 5.41) is 0. The van der Waals surface area contributed by atoms with Crippen molar-refractivity contribution in [1.82, 2.24) is 4.72 Å². The van der Waals surface area contributed by atoms with Crippen molar-refractivity contribution in [2.45, 2.75) is 51.3 Å². The highest BCUT2D eigenvalue weighted by Gasteiger charge is 2.28. The molecule has 2 nitrogen and oxygen atoms in total. The van der Waals surface area contributed by atoms with E-state index in [9.17, 15) is 4.21 Å². The topological polar surface area (TPSA) is 29.1 Å². The molecule has 0 heterocycles. The Bertz CT molecular complexity index is 448. The Hall–Kier alpha value is -0.670. The monoisotopic (exact) mass is 251 g/mol. The predicted molar refractivity (Wildman–Crippen MR) is 73.3 cm³/mol. The van der Waals surface area contributed by atoms with Crippen LogP contribution in [0.4, 0.5) is 0 Å². The van der Waals surface area contributed by atoms with Gasteiger partial charge in [-0.25, -0.2) is 8.93 Å². The van der Waals surface area contributed by atoms with E-state index in [2.05, 4.69) is 29.8 Å². The maximum Gasteiger partial charge on any atom is 0.0975 e. The number of hydrogen-bond acceptors (Lipinski definition) is 1. The lowest BCUT2D eigenvalue weighted by Gasteiger charge is -2.22. The van der Waals surface area contributed by atoms with Crippen molar-refractivity contribution in [2.75, 3.05) is 0 Å². The molecule has 0 fully saturated rings. The molecule has 0 aliphatic heterocycles. The second-order valence-electron chi connectivity index (χ2n) is 5.73. The van der Waals surface area contributed by atoms with Gasteiger partial charge in [0.05, 0.1) is 15.7 Å². The molecule has 17 heavy (non-hydrogen) atoms. The van der Waals surface area contributed by atoms with Gasteiger partial charge in [-0.2, -0.15) is 0 Å². The summed E-state index contributed by atoms with van der Waals surface area (Å²) in [5.41, 5.74) is 4.13. The van der Waals surface area contributed by atoms with Crippen LogP contribution in [0.5, 0.6) is 0 Å². The van der Waals surface area contributed by atoms with Crippen molar-refractivity contribution in [3.8, 4) is 0 Å². The molecule has 0 unspecified atom stereocenters. The Morgan fingerprint density at radius 1 is 1.35 bits per heavy atom. The first-order valence-electron chi connectivity index (χ1n) is 6.16. The van der Waals surface area contributed by atoms with E-state index in [1.165, 1.54) is 16.7 Å². The summed E-state index contributed by atoms with van der Waals surface area (Å²) in [6.07, 6.45) is 2.16. The Balaban J connectivity index is 2.18. The van der Waals surface area contributed by atoms with Gasteiger partial charge in [-0.15, -0.1) is 0 Å². The number of fused-ring (bicyclic) bond motifs is 1. The van der Waals surface area contributed by atoms with E-state index in [-0.39, 0.29) is 10.8 Å². The largest absolute Gasteiger partial charge is 0.242 e. The second kappa shape index (κ2) is 4.54. The van der Waals surface area contributed by atoms with Gasteiger partial charge in [0.15, 0.2) is 0 Å². The highest BCUT2D eigenvalue weighted by atomic mass is 32.2. The summed E-state index contributed by atoms with van der Waals surface area (Å²) in [6, 6.07) is 6.66. The van der Waals surface area contributed by atoms with Crippen molar-refractivity contribution >= 4 is 11.0 Å². The summed E-state index contributed by atoms with van der Waals surface area (Å²) in [5.74, 6) is 0. The lowest BCUT2D eigenvalue weighted by atomic mass is 10.0. The number of benzene rings is 1. The summed E-state index contributed by atoms with van der Waals surface area (Å²) < 4.78 is 15.2. The average Bonchev–Trinajstić information content (AvgIpc) is 2.62. The minimum absolute atomic E-state index is 0.202. The van der Waals surface area contributed by atoms with Gasteiger partial charge in [0.25, 0.3) is 0 Å². The van der Waals surface area contributed by atoms with Crippen molar-refractivity contribution < 1.29 is 4.21 Å². The maximum absolute atomic E-state index is 12.1. The molecular formula is C14H21NOS. The van der Waals surface area contributed by atoms with E-state index in [4.69, 9.17) is 0 Å². The Morgan fingerprint density at radius 2 is 2.06 bits per heavy atom. The molecule has 0 spiro atoms. The molecule has 2 atom stereocenters. The van der Waals surface area contributed by atoms with Crippen LogP contribution in [-0.4, -0.2) is 8.96 Å². The predicted octanol–water partition coefficient (Wildman–Crippen LogP) is 3.03. The van der Waals surface area contributed by atoms with Crippen molar-refractivity contribution in [3.63, 3.8) is 0 Å². The molecule has 0 bridgehead atoms. The first-order chi connectivity index (χ1) is 7.89. The standard InChI is InChI=1S/C14H21NOS/c1-10-6-5-7-12-11(10)8-9-13(12)15-17(16)14(2,3)4/h5-7,13,15H,8-9H2,1-4H3/t13-,17-/m1/s1. The summed E-state index contributed by atoms with van der Waals surface area (Å²) >= 11 is 0. The van der Waals surface area contributed by atoms with E-state index < -0.39 is 11.0 Å². The average molecular weight is 251 g/mol. The summed E-state index contributed by atoms with van der Waals surface area (Å²) in [7, 11) is -0.991. The van der Waals surface area contributed by atoms with Crippen LogP contribution in [0.2, 0.25) is 0 Å². The third-order valence-corrected chi connectivity index (χ3v) is 4.92. The van der Waals surface area contributed by atoms with Crippen LogP contribution in [0.25, 0.3) is 0 Å². The van der Waals surface area contributed by atoms with Gasteiger partial charge in [-0.3, -0.25) is 0 Å². The lowest BCUT2D eigenvalue weighted by Crippen LogP contribution is -2.35. The van der Waals surface area contributed by atoms with Gasteiger partial charge < -0.3 is 0 Å². The molecule has 0 aromatic heterocycles. The van der Waals surface area contributed by atoms with Crippen LogP contribution in [0, 0.1) is 6.92 Å². The minimum Gasteiger partial charge on any atom is -0.242 e. The first-order valence-corrected chi connectivity index (χ1v) is 7.31. The smallest absolute Gasteiger partial charge is 0.0975 e. The zero-order chi connectivity index (χ0) is 12.6. The normalized spacial score (nSPS) is 21.3. The molecule has 0 saturated heterocycles. The number of aryl methyl sites for hydroxylation is 1. The molecule has 0 saturated carbocycles. The van der Waals surface area contributed by atoms with Crippen LogP contribution in [0.3, 0.4) is 0 Å². The minimum atomic E-state index is -0.991. The Kier molecular flexibility index (Phi) is 3.41. The molecular weight excluding hydrogens is 230 g/mol. The third-order valence-electron chi connectivity index (χ3n) is 3.31. The van der Waals surface area contributed by atoms with Crippen LogP contribution in [0.1, 0.15) is 49.9 Å². The van der Waals surface area contributed by atoms with Crippen molar-refractivity contribution in [2.24, 2.45) is 0 Å². The fourth-order valence-electron chi connectivity index (χ4n) is 2.27. The van der Waals surface area contributed by atoms with Crippen molar-refractivity contribution in [3.05, 3.63) is 34.9 Å². The van der Waals surface area contributed by atoms with E-state index in [0.717, 1.165) is 12.8 Å². The van der Waals surface area contributed by atoms with Gasteiger partial charge in [-0.1, -0.05) is 18.2 Å². The van der Waals surface area contributed by atoms with E-state index in [1.807, 2.05) is 20.8 Å². The van der Waals surface area contributed by atoms with E-state index >= 15 is 0 Å². The van der Waals surface area contributed by atoms with E-state index in [0.29, 0.717) is 0 Å². The SMILES string of the molecule is Cc1cccc2c1CC[C@H]2N[S@](=O)C(C)(C)C. The van der Waals surface area contributed by atoms with Gasteiger partial charge in [0.2, 0.25) is 0 Å². The fraction of sp³-hybridized carbons (Fsp3) is 0.571. The molecule has 0 radical (unpaired) electrons. The highest BCUT2D eigenvalue weighted by Crippen LogP contribution is 2.33. The maximum atomic E-state index is 12.1. The quantitative estimate of drug-likeness (QED) is 0.860. The zero-order valence-electron chi connectivity index (χ0n) is 11.0. The Morgan fingerprint density at radius 3 is 2.71 bits per heavy atom. The molecule has 1 aromatic rings. The number of hydrogen-bond donors (Lipinski definition) is 1. The lowest BCUT2D eigenvalue weighted by molar-refractivity contribution is 0.596. The van der Waals surface area contributed by atoms with Crippen LogP contribution < -0.4 is 4.72 Å². The van der Waals surface area contributed by atoms with Crippen LogP contribution >= 0.6 is 0 Å². The van der Waals surface area contributed by atoms with Crippen molar-refractivity contribution in [1.29, 1.82) is 0 Å². The van der Waals surface area contributed by atoms with Gasteiger partial charge in [0, 0.05) is 6.04 Å². The van der Waals surface area contributed by atoms with Gasteiger partial charge >= 0.3 is 0 Å². The van der Waals surface area contributed by atoms with Gasteiger partial charge in [-0.05, 0) is 57.2 Å². The van der Waals surface area contributed by atoms with Crippen LogP contribution in [-0.2, 0) is 17.4 Å². The molecule has 1 aliphatic rings. The summed E-state index contributed by atoms with van der Waals surface area (Å²) in [6.45, 7) is 8.16. The van der Waals surface area contributed by atoms with Gasteiger partial charge in [0.1, 0.15) is 0 Å². The molecule has 94 valence electrons. The summed E-state index contributed by atoms with van der Waals surface area (Å²) in [4.78, 5) is 0. The molecule has 1 N–H and O–H groups in total. The highest BCUT2D eigenvalue weighted by molar-refractivity contribution is 7.84. The van der Waals surface area contributed by atoms with Crippen LogP contribution in [0.15, 0.2) is 18.2 Å². The third kappa shape index (κ3) is 2.61. The first kappa shape index (κ1) is 12.8. The number of nitrogens with one attached hydrogen (secondary N) is 1. The number of rotatable bonds is 2. The Labute approximate surface area is 106 Å².